The molecule has 0 atom stereocenters. The van der Waals surface area contributed by atoms with Crippen molar-refractivity contribution >= 4 is 5.91 Å². The Morgan fingerprint density at radius 2 is 1.89 bits per heavy atom. The first-order valence-electron chi connectivity index (χ1n) is 6.69. The van der Waals surface area contributed by atoms with Gasteiger partial charge in [-0.25, -0.2) is 0 Å². The number of carbonyl (C=O) groups is 1. The number of nitrogens with one attached hydrogen (secondary N) is 1. The van der Waals surface area contributed by atoms with E-state index in [1.807, 2.05) is 12.1 Å². The summed E-state index contributed by atoms with van der Waals surface area (Å²) in [5.74, 6) is -0.368. The first-order valence-corrected chi connectivity index (χ1v) is 6.69. The van der Waals surface area contributed by atoms with Crippen molar-refractivity contribution in [1.29, 1.82) is 0 Å². The van der Waals surface area contributed by atoms with Gasteiger partial charge in [-0.2, -0.15) is 0 Å². The molecule has 1 aromatic carbocycles. The Kier molecular flexibility index (Phi) is 4.02. The van der Waals surface area contributed by atoms with Crippen LogP contribution in [0.2, 0.25) is 0 Å². The van der Waals surface area contributed by atoms with Crippen molar-refractivity contribution in [1.82, 2.24) is 5.32 Å². The zero-order valence-corrected chi connectivity index (χ0v) is 11.0. The maximum Gasteiger partial charge on any atom is 0.248 e. The summed E-state index contributed by atoms with van der Waals surface area (Å²) in [6, 6.07) is 7.50. The highest BCUT2D eigenvalue weighted by molar-refractivity contribution is 5.92. The minimum Gasteiger partial charge on any atom is -0.366 e. The van der Waals surface area contributed by atoms with Crippen LogP contribution < -0.4 is 11.1 Å². The molecule has 0 heterocycles. The Hall–Kier alpha value is -1.35. The second-order valence-corrected chi connectivity index (χ2v) is 5.68. The molecule has 1 saturated carbocycles. The van der Waals surface area contributed by atoms with Crippen molar-refractivity contribution in [3.05, 3.63) is 35.4 Å². The Morgan fingerprint density at radius 3 is 2.44 bits per heavy atom. The van der Waals surface area contributed by atoms with Gasteiger partial charge in [0.25, 0.3) is 0 Å². The van der Waals surface area contributed by atoms with Gasteiger partial charge in [-0.15, -0.1) is 0 Å². The van der Waals surface area contributed by atoms with Gasteiger partial charge in [-0.1, -0.05) is 31.9 Å². The van der Waals surface area contributed by atoms with Gasteiger partial charge in [-0.05, 0) is 36.0 Å². The molecule has 0 unspecified atom stereocenters. The molecule has 98 valence electrons. The lowest BCUT2D eigenvalue weighted by atomic mass is 9.89. The molecular formula is C15H22N2O. The fourth-order valence-electron chi connectivity index (χ4n) is 2.70. The quantitative estimate of drug-likeness (QED) is 0.838. The van der Waals surface area contributed by atoms with Gasteiger partial charge in [-0.3, -0.25) is 4.79 Å². The van der Waals surface area contributed by atoms with Crippen LogP contribution in [0.25, 0.3) is 0 Å². The average Bonchev–Trinajstić information content (AvgIpc) is 2.77. The SMILES string of the molecule is CC1(CNCc2ccc(C(N)=O)cc2)CCCC1. The molecule has 1 fully saturated rings. The predicted molar refractivity (Wildman–Crippen MR) is 73.2 cm³/mol. The minimum atomic E-state index is -0.368. The summed E-state index contributed by atoms with van der Waals surface area (Å²) in [6.07, 6.45) is 5.40. The van der Waals surface area contributed by atoms with E-state index in [9.17, 15) is 4.79 Å². The number of hydrogen-bond donors (Lipinski definition) is 2. The Balaban J connectivity index is 1.81. The van der Waals surface area contributed by atoms with Crippen LogP contribution in [0.4, 0.5) is 0 Å². The zero-order chi connectivity index (χ0) is 13.0. The number of benzene rings is 1. The lowest BCUT2D eigenvalue weighted by molar-refractivity contribution is 0.100. The van der Waals surface area contributed by atoms with Crippen molar-refractivity contribution in [2.75, 3.05) is 6.54 Å². The number of amides is 1. The molecule has 1 amide bonds. The van der Waals surface area contributed by atoms with Gasteiger partial charge in [0, 0.05) is 18.7 Å². The number of rotatable bonds is 5. The van der Waals surface area contributed by atoms with E-state index < -0.39 is 0 Å². The van der Waals surface area contributed by atoms with Crippen LogP contribution >= 0.6 is 0 Å². The third-order valence-electron chi connectivity index (χ3n) is 3.93. The third kappa shape index (κ3) is 3.33. The summed E-state index contributed by atoms with van der Waals surface area (Å²) in [4.78, 5) is 10.9. The van der Waals surface area contributed by atoms with Crippen molar-refractivity contribution in [2.24, 2.45) is 11.1 Å². The van der Waals surface area contributed by atoms with Crippen molar-refractivity contribution < 1.29 is 4.79 Å². The molecule has 0 radical (unpaired) electrons. The second kappa shape index (κ2) is 5.53. The van der Waals surface area contributed by atoms with Gasteiger partial charge in [0.1, 0.15) is 0 Å². The molecule has 3 heteroatoms. The van der Waals surface area contributed by atoms with E-state index in [1.54, 1.807) is 12.1 Å². The van der Waals surface area contributed by atoms with E-state index in [1.165, 1.54) is 31.2 Å². The standard InChI is InChI=1S/C15H22N2O/c1-15(8-2-3-9-15)11-17-10-12-4-6-13(7-5-12)14(16)18/h4-7,17H,2-3,8-11H2,1H3,(H2,16,18). The van der Waals surface area contributed by atoms with E-state index in [2.05, 4.69) is 12.2 Å². The van der Waals surface area contributed by atoms with Gasteiger partial charge >= 0.3 is 0 Å². The van der Waals surface area contributed by atoms with E-state index in [0.717, 1.165) is 13.1 Å². The lowest BCUT2D eigenvalue weighted by Crippen LogP contribution is -2.29. The summed E-state index contributed by atoms with van der Waals surface area (Å²) in [6.45, 7) is 4.29. The summed E-state index contributed by atoms with van der Waals surface area (Å²) in [5.41, 5.74) is 7.46. The van der Waals surface area contributed by atoms with Gasteiger partial charge in [0.05, 0.1) is 0 Å². The van der Waals surface area contributed by atoms with Crippen LogP contribution in [-0.2, 0) is 6.54 Å². The third-order valence-corrected chi connectivity index (χ3v) is 3.93. The topological polar surface area (TPSA) is 55.1 Å². The fourth-order valence-corrected chi connectivity index (χ4v) is 2.70. The molecule has 1 aliphatic carbocycles. The Bertz CT molecular complexity index is 405. The van der Waals surface area contributed by atoms with E-state index >= 15 is 0 Å². The highest BCUT2D eigenvalue weighted by Crippen LogP contribution is 2.36. The van der Waals surface area contributed by atoms with Crippen LogP contribution in [0.15, 0.2) is 24.3 Å². The van der Waals surface area contributed by atoms with Gasteiger partial charge in [0.2, 0.25) is 5.91 Å². The summed E-state index contributed by atoms with van der Waals surface area (Å²) in [5, 5.41) is 3.52. The largest absolute Gasteiger partial charge is 0.366 e. The highest BCUT2D eigenvalue weighted by Gasteiger charge is 2.27. The maximum atomic E-state index is 10.9. The van der Waals surface area contributed by atoms with Gasteiger partial charge in [0.15, 0.2) is 0 Å². The molecule has 1 aliphatic rings. The fraction of sp³-hybridized carbons (Fsp3) is 0.533. The Labute approximate surface area is 109 Å². The molecule has 3 N–H and O–H groups in total. The molecular weight excluding hydrogens is 224 g/mol. The molecule has 0 aliphatic heterocycles. The molecule has 1 aromatic rings. The monoisotopic (exact) mass is 246 g/mol. The van der Waals surface area contributed by atoms with Crippen LogP contribution in [0.1, 0.15) is 48.5 Å². The van der Waals surface area contributed by atoms with Crippen LogP contribution in [-0.4, -0.2) is 12.5 Å². The number of nitrogens with two attached hydrogens (primary N) is 1. The first-order chi connectivity index (χ1) is 8.59. The lowest BCUT2D eigenvalue weighted by Gasteiger charge is -2.23. The van der Waals surface area contributed by atoms with E-state index in [0.29, 0.717) is 11.0 Å². The maximum absolute atomic E-state index is 10.9. The smallest absolute Gasteiger partial charge is 0.248 e. The van der Waals surface area contributed by atoms with Crippen LogP contribution in [0, 0.1) is 5.41 Å². The molecule has 3 nitrogen and oxygen atoms in total. The van der Waals surface area contributed by atoms with Crippen molar-refractivity contribution in [2.45, 2.75) is 39.2 Å². The Morgan fingerprint density at radius 1 is 1.28 bits per heavy atom. The molecule has 2 rings (SSSR count). The summed E-state index contributed by atoms with van der Waals surface area (Å²) < 4.78 is 0. The van der Waals surface area contributed by atoms with Crippen LogP contribution in [0.3, 0.4) is 0 Å². The van der Waals surface area contributed by atoms with E-state index in [-0.39, 0.29) is 5.91 Å². The number of hydrogen-bond acceptors (Lipinski definition) is 2. The number of carbonyl (C=O) groups excluding carboxylic acids is 1. The summed E-state index contributed by atoms with van der Waals surface area (Å²) in [7, 11) is 0. The second-order valence-electron chi connectivity index (χ2n) is 5.68. The molecule has 0 spiro atoms. The summed E-state index contributed by atoms with van der Waals surface area (Å²) >= 11 is 0. The molecule has 0 aromatic heterocycles. The molecule has 0 bridgehead atoms. The molecule has 18 heavy (non-hydrogen) atoms. The van der Waals surface area contributed by atoms with Crippen LogP contribution in [0.5, 0.6) is 0 Å². The van der Waals surface area contributed by atoms with E-state index in [4.69, 9.17) is 5.73 Å². The van der Waals surface area contributed by atoms with Gasteiger partial charge < -0.3 is 11.1 Å². The molecule has 0 saturated heterocycles. The number of primary amides is 1. The first kappa shape index (κ1) is 13.1. The predicted octanol–water partition coefficient (Wildman–Crippen LogP) is 2.46. The normalized spacial score (nSPS) is 17.8. The minimum absolute atomic E-state index is 0.368. The highest BCUT2D eigenvalue weighted by atomic mass is 16.1. The average molecular weight is 246 g/mol. The van der Waals surface area contributed by atoms with Crippen molar-refractivity contribution in [3.8, 4) is 0 Å². The zero-order valence-electron chi connectivity index (χ0n) is 11.0. The van der Waals surface area contributed by atoms with Crippen molar-refractivity contribution in [3.63, 3.8) is 0 Å².